The summed E-state index contributed by atoms with van der Waals surface area (Å²) < 4.78 is 7.21. The van der Waals surface area contributed by atoms with Crippen LogP contribution in [0.4, 0.5) is 0 Å². The summed E-state index contributed by atoms with van der Waals surface area (Å²) in [6.45, 7) is 2.79. The number of fused-ring (bicyclic) bond motifs is 1. The third-order valence-electron chi connectivity index (χ3n) is 3.55. The molecule has 22 heavy (non-hydrogen) atoms. The van der Waals surface area contributed by atoms with Crippen molar-refractivity contribution in [1.29, 1.82) is 0 Å². The molecule has 0 saturated carbocycles. The second-order valence-electron chi connectivity index (χ2n) is 5.21. The maximum atomic E-state index is 12.2. The standard InChI is InChI=1S/C17H19N3O2/c1-2-6-16-19-14-8-3-4-9-15(14)20(16)12-17(21)18-11-13-7-5-10-22-13/h3-5,7-10H,2,6,11-12H2,1H3,(H,18,21). The Balaban J connectivity index is 1.76. The number of rotatable bonds is 6. The summed E-state index contributed by atoms with van der Waals surface area (Å²) in [6.07, 6.45) is 3.46. The van der Waals surface area contributed by atoms with E-state index in [1.165, 1.54) is 0 Å². The molecule has 0 radical (unpaired) electrons. The minimum Gasteiger partial charge on any atom is -0.467 e. The Hall–Kier alpha value is -2.56. The van der Waals surface area contributed by atoms with Gasteiger partial charge in [0.2, 0.25) is 5.91 Å². The summed E-state index contributed by atoms with van der Waals surface area (Å²) in [7, 11) is 0. The van der Waals surface area contributed by atoms with Gasteiger partial charge in [-0.3, -0.25) is 4.79 Å². The summed E-state index contributed by atoms with van der Waals surface area (Å²) in [5, 5.41) is 2.88. The lowest BCUT2D eigenvalue weighted by Crippen LogP contribution is -2.27. The molecule has 3 rings (SSSR count). The highest BCUT2D eigenvalue weighted by Crippen LogP contribution is 2.17. The van der Waals surface area contributed by atoms with Gasteiger partial charge >= 0.3 is 0 Å². The Morgan fingerprint density at radius 3 is 2.91 bits per heavy atom. The van der Waals surface area contributed by atoms with Crippen molar-refractivity contribution in [3.05, 3.63) is 54.2 Å². The minimum absolute atomic E-state index is 0.0445. The van der Waals surface area contributed by atoms with Crippen LogP contribution in [0.25, 0.3) is 11.0 Å². The minimum atomic E-state index is -0.0445. The molecule has 114 valence electrons. The van der Waals surface area contributed by atoms with Gasteiger partial charge in [-0.2, -0.15) is 0 Å². The first-order chi connectivity index (χ1) is 10.8. The van der Waals surface area contributed by atoms with Crippen LogP contribution in [0, 0.1) is 0 Å². The van der Waals surface area contributed by atoms with Gasteiger partial charge in [-0.15, -0.1) is 0 Å². The maximum absolute atomic E-state index is 12.2. The van der Waals surface area contributed by atoms with Crippen molar-refractivity contribution in [3.63, 3.8) is 0 Å². The lowest BCUT2D eigenvalue weighted by molar-refractivity contribution is -0.121. The van der Waals surface area contributed by atoms with E-state index in [0.29, 0.717) is 6.54 Å². The summed E-state index contributed by atoms with van der Waals surface area (Å²) in [5.41, 5.74) is 1.93. The molecule has 0 aliphatic carbocycles. The molecule has 0 atom stereocenters. The number of carbonyl (C=O) groups is 1. The number of hydrogen-bond acceptors (Lipinski definition) is 3. The molecule has 2 aromatic heterocycles. The molecular formula is C17H19N3O2. The van der Waals surface area contributed by atoms with Gasteiger partial charge in [-0.05, 0) is 30.7 Å². The highest BCUT2D eigenvalue weighted by atomic mass is 16.3. The second kappa shape index (κ2) is 6.47. The Morgan fingerprint density at radius 1 is 1.27 bits per heavy atom. The molecule has 5 heteroatoms. The summed E-state index contributed by atoms with van der Waals surface area (Å²) >= 11 is 0. The first kappa shape index (κ1) is 14.4. The molecule has 5 nitrogen and oxygen atoms in total. The first-order valence-electron chi connectivity index (χ1n) is 7.51. The molecule has 0 unspecified atom stereocenters. The van der Waals surface area contributed by atoms with Gasteiger partial charge < -0.3 is 14.3 Å². The third kappa shape index (κ3) is 3.03. The van der Waals surface area contributed by atoms with E-state index in [1.807, 2.05) is 41.0 Å². The van der Waals surface area contributed by atoms with Crippen LogP contribution >= 0.6 is 0 Å². The number of amides is 1. The molecule has 1 amide bonds. The van der Waals surface area contributed by atoms with E-state index in [4.69, 9.17) is 4.42 Å². The molecule has 0 aliphatic heterocycles. The maximum Gasteiger partial charge on any atom is 0.240 e. The number of benzene rings is 1. The fourth-order valence-electron chi connectivity index (χ4n) is 2.51. The van der Waals surface area contributed by atoms with Crippen molar-refractivity contribution in [2.24, 2.45) is 0 Å². The van der Waals surface area contributed by atoms with Gasteiger partial charge in [0.25, 0.3) is 0 Å². The zero-order chi connectivity index (χ0) is 15.4. The number of aryl methyl sites for hydroxylation is 1. The lowest BCUT2D eigenvalue weighted by Gasteiger charge is -2.09. The lowest BCUT2D eigenvalue weighted by atomic mass is 10.3. The molecular weight excluding hydrogens is 278 g/mol. The Morgan fingerprint density at radius 2 is 2.14 bits per heavy atom. The smallest absolute Gasteiger partial charge is 0.240 e. The van der Waals surface area contributed by atoms with E-state index in [0.717, 1.165) is 35.5 Å². The number of aromatic nitrogens is 2. The predicted octanol–water partition coefficient (Wildman–Crippen LogP) is 2.90. The van der Waals surface area contributed by atoms with E-state index >= 15 is 0 Å². The molecule has 1 N–H and O–H groups in total. The highest BCUT2D eigenvalue weighted by molar-refractivity contribution is 5.81. The summed E-state index contributed by atoms with van der Waals surface area (Å²) in [5.74, 6) is 1.66. The van der Waals surface area contributed by atoms with Crippen LogP contribution < -0.4 is 5.32 Å². The van der Waals surface area contributed by atoms with Crippen LogP contribution in [0.2, 0.25) is 0 Å². The van der Waals surface area contributed by atoms with Gasteiger partial charge in [-0.25, -0.2) is 4.98 Å². The fraction of sp³-hybridized carbons (Fsp3) is 0.294. The van der Waals surface area contributed by atoms with Gasteiger partial charge in [0, 0.05) is 6.42 Å². The van der Waals surface area contributed by atoms with Gasteiger partial charge in [0.05, 0.1) is 23.8 Å². The van der Waals surface area contributed by atoms with Crippen LogP contribution in [-0.2, 0) is 24.3 Å². The Labute approximate surface area is 129 Å². The molecule has 0 bridgehead atoms. The summed E-state index contributed by atoms with van der Waals surface area (Å²) in [4.78, 5) is 16.8. The zero-order valence-electron chi connectivity index (χ0n) is 12.6. The van der Waals surface area contributed by atoms with E-state index in [9.17, 15) is 4.79 Å². The van der Waals surface area contributed by atoms with Crippen molar-refractivity contribution in [2.45, 2.75) is 32.9 Å². The van der Waals surface area contributed by atoms with Crippen molar-refractivity contribution in [3.8, 4) is 0 Å². The van der Waals surface area contributed by atoms with Crippen molar-refractivity contribution in [2.75, 3.05) is 0 Å². The van der Waals surface area contributed by atoms with E-state index in [2.05, 4.69) is 17.2 Å². The van der Waals surface area contributed by atoms with Crippen LogP contribution in [0.1, 0.15) is 24.9 Å². The molecule has 0 spiro atoms. The number of furan rings is 1. The topological polar surface area (TPSA) is 60.1 Å². The second-order valence-corrected chi connectivity index (χ2v) is 5.21. The first-order valence-corrected chi connectivity index (χ1v) is 7.51. The number of carbonyl (C=O) groups excluding carboxylic acids is 1. The van der Waals surface area contributed by atoms with Crippen LogP contribution in [0.3, 0.4) is 0 Å². The monoisotopic (exact) mass is 297 g/mol. The van der Waals surface area contributed by atoms with Crippen molar-refractivity contribution in [1.82, 2.24) is 14.9 Å². The van der Waals surface area contributed by atoms with E-state index < -0.39 is 0 Å². The quantitative estimate of drug-likeness (QED) is 0.761. The number of hydrogen-bond donors (Lipinski definition) is 1. The van der Waals surface area contributed by atoms with Crippen LogP contribution in [0.5, 0.6) is 0 Å². The fourth-order valence-corrected chi connectivity index (χ4v) is 2.51. The molecule has 0 saturated heterocycles. The number of nitrogens with one attached hydrogen (secondary N) is 1. The van der Waals surface area contributed by atoms with Crippen LogP contribution in [-0.4, -0.2) is 15.5 Å². The van der Waals surface area contributed by atoms with Gasteiger partial charge in [-0.1, -0.05) is 19.1 Å². The summed E-state index contributed by atoms with van der Waals surface area (Å²) in [6, 6.07) is 11.6. The van der Waals surface area contributed by atoms with Gasteiger partial charge in [0.1, 0.15) is 18.1 Å². The number of imidazole rings is 1. The molecule has 0 fully saturated rings. The van der Waals surface area contributed by atoms with Crippen molar-refractivity contribution >= 4 is 16.9 Å². The highest BCUT2D eigenvalue weighted by Gasteiger charge is 2.13. The Bertz CT molecular complexity index is 759. The molecule has 1 aromatic carbocycles. The number of para-hydroxylation sites is 2. The average molecular weight is 297 g/mol. The predicted molar refractivity (Wildman–Crippen MR) is 84.3 cm³/mol. The van der Waals surface area contributed by atoms with Crippen LogP contribution in [0.15, 0.2) is 47.1 Å². The Kier molecular flexibility index (Phi) is 4.23. The zero-order valence-corrected chi connectivity index (χ0v) is 12.6. The number of nitrogens with zero attached hydrogens (tertiary/aromatic N) is 2. The average Bonchev–Trinajstić information content (AvgIpc) is 3.15. The molecule has 3 aromatic rings. The van der Waals surface area contributed by atoms with E-state index in [1.54, 1.807) is 6.26 Å². The molecule has 2 heterocycles. The largest absolute Gasteiger partial charge is 0.467 e. The third-order valence-corrected chi connectivity index (χ3v) is 3.55. The van der Waals surface area contributed by atoms with Crippen molar-refractivity contribution < 1.29 is 9.21 Å². The normalized spacial score (nSPS) is 11.0. The molecule has 0 aliphatic rings. The SMILES string of the molecule is CCCc1nc2ccccc2n1CC(=O)NCc1ccco1. The van der Waals surface area contributed by atoms with E-state index in [-0.39, 0.29) is 12.5 Å². The van der Waals surface area contributed by atoms with Gasteiger partial charge in [0.15, 0.2) is 0 Å².